The number of carbonyl (C=O) groups is 2. The molecular formula is C40H30ClF2N3O3. The van der Waals surface area contributed by atoms with E-state index in [2.05, 4.69) is 10.5 Å². The molecule has 3 heterocycles. The molecule has 0 saturated carbocycles. The Morgan fingerprint density at radius 2 is 1.53 bits per heavy atom. The summed E-state index contributed by atoms with van der Waals surface area (Å²) in [5, 5.41) is 10.3. The second-order valence-corrected chi connectivity index (χ2v) is 14.0. The summed E-state index contributed by atoms with van der Waals surface area (Å²) >= 11 is 6.25. The molecular weight excluding hydrogens is 644 g/mol. The number of piperidine rings is 1. The molecule has 3 aliphatic heterocycles. The first-order valence-corrected chi connectivity index (χ1v) is 16.7. The second kappa shape index (κ2) is 10.6. The average molecular weight is 674 g/mol. The molecule has 9 heteroatoms. The Morgan fingerprint density at radius 3 is 2.27 bits per heavy atom. The predicted molar refractivity (Wildman–Crippen MR) is 183 cm³/mol. The van der Waals surface area contributed by atoms with Gasteiger partial charge in [-0.1, -0.05) is 89.6 Å². The van der Waals surface area contributed by atoms with Gasteiger partial charge in [-0.3, -0.25) is 14.5 Å². The second-order valence-electron chi connectivity index (χ2n) is 13.6. The number of likely N-dealkylation sites (N-methyl/N-ethyl adjacent to an activating group) is 1. The van der Waals surface area contributed by atoms with E-state index in [9.17, 15) is 0 Å². The van der Waals surface area contributed by atoms with E-state index in [1.165, 1.54) is 24.3 Å². The molecule has 2 fully saturated rings. The molecule has 6 nitrogen and oxygen atoms in total. The van der Waals surface area contributed by atoms with E-state index < -0.39 is 40.0 Å². The van der Waals surface area contributed by atoms with Crippen LogP contribution >= 0.6 is 11.6 Å². The number of Topliss-reactive ketones (excluding diaryl/α,β-unsaturated/α-hetero) is 2. The lowest BCUT2D eigenvalue weighted by Gasteiger charge is -2.53. The summed E-state index contributed by atoms with van der Waals surface area (Å²) in [7, 11) is 1.87. The molecule has 0 radical (unpaired) electrons. The molecule has 2 saturated heterocycles. The van der Waals surface area contributed by atoms with Crippen LogP contribution in [0.4, 0.5) is 8.78 Å². The summed E-state index contributed by atoms with van der Waals surface area (Å²) in [6.07, 6.45) is 0. The molecule has 5 atom stereocenters. The van der Waals surface area contributed by atoms with Crippen molar-refractivity contribution in [1.29, 1.82) is 0 Å². The predicted octanol–water partition coefficient (Wildman–Crippen LogP) is 7.01. The first-order valence-electron chi connectivity index (χ1n) is 16.3. The van der Waals surface area contributed by atoms with Crippen molar-refractivity contribution in [2.24, 2.45) is 10.6 Å². The number of nitrogens with zero attached hydrogens (tertiary/aromatic N) is 2. The summed E-state index contributed by atoms with van der Waals surface area (Å²) in [5.41, 5.74) is -1.17. The average Bonchev–Trinajstić information content (AvgIpc) is 3.70. The molecule has 0 unspecified atom stereocenters. The van der Waals surface area contributed by atoms with Gasteiger partial charge in [0.05, 0.1) is 17.0 Å². The van der Waals surface area contributed by atoms with Gasteiger partial charge in [0, 0.05) is 41.7 Å². The number of nitrogens with one attached hydrogen (secondary N) is 1. The van der Waals surface area contributed by atoms with Gasteiger partial charge in [-0.25, -0.2) is 8.78 Å². The topological polar surface area (TPSA) is 71.0 Å². The van der Waals surface area contributed by atoms with Gasteiger partial charge >= 0.3 is 0 Å². The maximum atomic E-state index is 16.2. The fourth-order valence-electron chi connectivity index (χ4n) is 9.52. The van der Waals surface area contributed by atoms with E-state index in [1.54, 1.807) is 42.5 Å². The first-order chi connectivity index (χ1) is 23.7. The van der Waals surface area contributed by atoms with Crippen LogP contribution in [-0.2, 0) is 15.2 Å². The van der Waals surface area contributed by atoms with Gasteiger partial charge < -0.3 is 10.2 Å². The van der Waals surface area contributed by atoms with Crippen LogP contribution in [0.1, 0.15) is 44.4 Å². The molecule has 5 aromatic carbocycles. The van der Waals surface area contributed by atoms with E-state index >= 15 is 18.4 Å². The first kappa shape index (κ1) is 30.3. The van der Waals surface area contributed by atoms with Crippen LogP contribution in [0.2, 0.25) is 5.02 Å². The number of rotatable bonds is 3. The molecule has 0 amide bonds. The van der Waals surface area contributed by atoms with Crippen LogP contribution in [0.25, 0.3) is 10.8 Å². The summed E-state index contributed by atoms with van der Waals surface area (Å²) < 4.78 is 30.0. The van der Waals surface area contributed by atoms with Crippen LogP contribution in [-0.4, -0.2) is 54.5 Å². The SMILES string of the molecule is CN1C[C@H](c2cccc(F)c2)[C@@]2(CNC[C@@]3(ON=C(c4ccc(Cl)cc4)[C@@H]3c3cccc(F)c3)C2=O)[C@]12C(=O)c1cccc3cccc2c13. The Kier molecular flexibility index (Phi) is 6.57. The number of ketones is 2. The van der Waals surface area contributed by atoms with Crippen molar-refractivity contribution in [3.8, 4) is 0 Å². The third-order valence-corrected chi connectivity index (χ3v) is 11.6. The lowest BCUT2D eigenvalue weighted by molar-refractivity contribution is -0.164. The molecule has 4 aliphatic rings. The van der Waals surface area contributed by atoms with Crippen LogP contribution in [0.3, 0.4) is 0 Å². The molecule has 5 aromatic rings. The number of carbonyl (C=O) groups excluding carboxylic acids is 2. The van der Waals surface area contributed by atoms with Gasteiger partial charge in [0.25, 0.3) is 0 Å². The zero-order chi connectivity index (χ0) is 33.7. The number of halogens is 3. The minimum Gasteiger partial charge on any atom is -0.378 e. The molecule has 1 aliphatic carbocycles. The van der Waals surface area contributed by atoms with Crippen LogP contribution in [0, 0.1) is 17.0 Å². The van der Waals surface area contributed by atoms with E-state index in [1.807, 2.05) is 54.4 Å². The highest BCUT2D eigenvalue weighted by Crippen LogP contribution is 2.66. The van der Waals surface area contributed by atoms with Crippen molar-refractivity contribution in [3.05, 3.63) is 154 Å². The van der Waals surface area contributed by atoms with E-state index in [4.69, 9.17) is 16.4 Å². The van der Waals surface area contributed by atoms with Crippen LogP contribution < -0.4 is 5.32 Å². The number of fused-ring (bicyclic) bond motifs is 2. The Hall–Kier alpha value is -4.76. The molecule has 49 heavy (non-hydrogen) atoms. The molecule has 244 valence electrons. The summed E-state index contributed by atoms with van der Waals surface area (Å²) in [6, 6.07) is 30.9. The van der Waals surface area contributed by atoms with Gasteiger partial charge in [-0.2, -0.15) is 0 Å². The summed E-state index contributed by atoms with van der Waals surface area (Å²) in [5.74, 6) is -2.91. The lowest BCUT2D eigenvalue weighted by atomic mass is 9.52. The quantitative estimate of drug-likeness (QED) is 0.223. The fraction of sp³-hybridized carbons (Fsp3) is 0.225. The molecule has 9 rings (SSSR count). The Bertz CT molecular complexity index is 2250. The van der Waals surface area contributed by atoms with Crippen molar-refractivity contribution in [1.82, 2.24) is 10.2 Å². The number of oxime groups is 1. The Morgan fingerprint density at radius 1 is 0.857 bits per heavy atom. The van der Waals surface area contributed by atoms with Crippen LogP contribution in [0.15, 0.2) is 114 Å². The molecule has 3 spiro atoms. The van der Waals surface area contributed by atoms with E-state index in [0.29, 0.717) is 39.5 Å². The van der Waals surface area contributed by atoms with Gasteiger partial charge in [0.2, 0.25) is 5.60 Å². The van der Waals surface area contributed by atoms with Gasteiger partial charge in [0.1, 0.15) is 17.2 Å². The highest BCUT2D eigenvalue weighted by Gasteiger charge is 2.78. The van der Waals surface area contributed by atoms with Crippen molar-refractivity contribution < 1.29 is 23.2 Å². The summed E-state index contributed by atoms with van der Waals surface area (Å²) in [4.78, 5) is 39.9. The third-order valence-electron chi connectivity index (χ3n) is 11.3. The normalized spacial score (nSPS) is 29.0. The summed E-state index contributed by atoms with van der Waals surface area (Å²) in [6.45, 7) is 0.458. The van der Waals surface area contributed by atoms with E-state index in [-0.39, 0.29) is 24.7 Å². The molecule has 0 aromatic heterocycles. The zero-order valence-corrected chi connectivity index (χ0v) is 27.2. The standard InChI is InChI=1S/C40H30ClF2N3O3/c1-46-20-32(25-8-2-10-28(42)18-25)38(40(46)31-13-5-7-23-6-4-12-30(33(23)31)36(40)47)21-44-22-39(37(38)48)34(26-9-3-11-29(43)19-26)35(45-49-39)24-14-16-27(41)17-15-24/h2-19,32,34,44H,20-22H2,1H3/t32-,34+,38-,39+,40+/m1/s1. The number of benzene rings is 5. The molecule has 1 N–H and O–H groups in total. The van der Waals surface area contributed by atoms with Gasteiger partial charge in [-0.05, 0) is 70.9 Å². The van der Waals surface area contributed by atoms with Gasteiger partial charge in [0.15, 0.2) is 11.6 Å². The van der Waals surface area contributed by atoms with Crippen molar-refractivity contribution in [3.63, 3.8) is 0 Å². The number of likely N-dealkylation sites (tertiary alicyclic amines) is 1. The third kappa shape index (κ3) is 3.85. The minimum atomic E-state index is -1.69. The maximum absolute atomic E-state index is 16.2. The van der Waals surface area contributed by atoms with E-state index in [0.717, 1.165) is 16.3 Å². The van der Waals surface area contributed by atoms with Crippen LogP contribution in [0.5, 0.6) is 0 Å². The highest BCUT2D eigenvalue weighted by atomic mass is 35.5. The van der Waals surface area contributed by atoms with Gasteiger partial charge in [-0.15, -0.1) is 0 Å². The Balaban J connectivity index is 1.32. The van der Waals surface area contributed by atoms with Crippen molar-refractivity contribution in [2.75, 3.05) is 26.7 Å². The Labute approximate surface area is 286 Å². The highest BCUT2D eigenvalue weighted by molar-refractivity contribution is 6.30. The molecule has 0 bridgehead atoms. The lowest BCUT2D eigenvalue weighted by Crippen LogP contribution is -2.72. The maximum Gasteiger partial charge on any atom is 0.220 e. The number of hydrogen-bond donors (Lipinski definition) is 1. The largest absolute Gasteiger partial charge is 0.378 e. The van der Waals surface area contributed by atoms with Crippen molar-refractivity contribution >= 4 is 39.7 Å². The zero-order valence-electron chi connectivity index (χ0n) is 26.4. The smallest absolute Gasteiger partial charge is 0.220 e. The monoisotopic (exact) mass is 673 g/mol. The fourth-order valence-corrected chi connectivity index (χ4v) is 9.64. The number of hydrogen-bond acceptors (Lipinski definition) is 6. The minimum absolute atomic E-state index is 0.0519. The van der Waals surface area contributed by atoms with Crippen molar-refractivity contribution in [2.45, 2.75) is 23.0 Å².